The Hall–Kier alpha value is -3.21. The van der Waals surface area contributed by atoms with E-state index in [-0.39, 0.29) is 12.1 Å². The minimum atomic E-state index is -4.77. The van der Waals surface area contributed by atoms with Crippen molar-refractivity contribution >= 4 is 22.5 Å². The third-order valence-electron chi connectivity index (χ3n) is 5.23. The number of ether oxygens (including phenoxy) is 1. The van der Waals surface area contributed by atoms with Crippen LogP contribution in [0.4, 0.5) is 29.1 Å². The number of hydrogen-bond donors (Lipinski definition) is 2. The lowest BCUT2D eigenvalue weighted by Gasteiger charge is -2.30. The first kappa shape index (κ1) is 25.4. The SMILES string of the molecule is CC.COc1nc2nc(C)nc(NCc3cccc(C(F)(F)F)c3F)c2cc1N1CCNCC1. The number of rotatable bonds is 5. The van der Waals surface area contributed by atoms with Crippen LogP contribution in [0.5, 0.6) is 5.88 Å². The molecule has 0 spiro atoms. The van der Waals surface area contributed by atoms with Crippen LogP contribution in [0.1, 0.15) is 30.8 Å². The predicted molar refractivity (Wildman–Crippen MR) is 124 cm³/mol. The number of hydrogen-bond acceptors (Lipinski definition) is 7. The number of fused-ring (bicyclic) bond motifs is 1. The molecular weight excluding hydrogens is 452 g/mol. The van der Waals surface area contributed by atoms with Crippen molar-refractivity contribution in [2.75, 3.05) is 43.5 Å². The molecule has 2 N–H and O–H groups in total. The molecule has 0 aliphatic carbocycles. The van der Waals surface area contributed by atoms with Gasteiger partial charge in [-0.2, -0.15) is 18.2 Å². The van der Waals surface area contributed by atoms with Gasteiger partial charge in [0.2, 0.25) is 5.88 Å². The Morgan fingerprint density at radius 3 is 2.47 bits per heavy atom. The van der Waals surface area contributed by atoms with E-state index in [4.69, 9.17) is 4.74 Å². The first-order chi connectivity index (χ1) is 16.3. The summed E-state index contributed by atoms with van der Waals surface area (Å²) in [5.74, 6) is -0.110. The molecule has 2 aromatic heterocycles. The van der Waals surface area contributed by atoms with Crippen molar-refractivity contribution in [3.05, 3.63) is 47.0 Å². The molecule has 1 aliphatic heterocycles. The molecule has 0 bridgehead atoms. The molecule has 0 unspecified atom stereocenters. The molecule has 34 heavy (non-hydrogen) atoms. The van der Waals surface area contributed by atoms with E-state index in [9.17, 15) is 17.6 Å². The van der Waals surface area contributed by atoms with E-state index in [1.165, 1.54) is 19.2 Å². The Bertz CT molecular complexity index is 1130. The number of aromatic nitrogens is 3. The molecule has 0 saturated carbocycles. The Balaban J connectivity index is 0.00000158. The van der Waals surface area contributed by atoms with Gasteiger partial charge in [-0.1, -0.05) is 26.0 Å². The van der Waals surface area contributed by atoms with E-state index in [1.54, 1.807) is 6.92 Å². The van der Waals surface area contributed by atoms with Gasteiger partial charge in [0.15, 0.2) is 5.65 Å². The van der Waals surface area contributed by atoms with Gasteiger partial charge in [0.05, 0.1) is 18.1 Å². The minimum Gasteiger partial charge on any atom is -0.479 e. The molecule has 0 radical (unpaired) electrons. The zero-order valence-corrected chi connectivity index (χ0v) is 19.6. The summed E-state index contributed by atoms with van der Waals surface area (Å²) in [6.45, 7) is 8.63. The summed E-state index contributed by atoms with van der Waals surface area (Å²) in [7, 11) is 1.53. The molecule has 1 aliphatic rings. The van der Waals surface area contributed by atoms with Crippen molar-refractivity contribution in [1.29, 1.82) is 0 Å². The van der Waals surface area contributed by atoms with Crippen LogP contribution in [0, 0.1) is 12.7 Å². The molecule has 3 heterocycles. The summed E-state index contributed by atoms with van der Waals surface area (Å²) in [6.07, 6.45) is -4.77. The molecule has 0 atom stereocenters. The lowest BCUT2D eigenvalue weighted by atomic mass is 10.1. The molecular formula is C23H28F4N6O. The molecule has 7 nitrogen and oxygen atoms in total. The number of anilines is 2. The van der Waals surface area contributed by atoms with Gasteiger partial charge in [-0.05, 0) is 19.1 Å². The van der Waals surface area contributed by atoms with Gasteiger partial charge in [-0.3, -0.25) is 0 Å². The zero-order chi connectivity index (χ0) is 24.9. The van der Waals surface area contributed by atoms with Gasteiger partial charge < -0.3 is 20.3 Å². The summed E-state index contributed by atoms with van der Waals surface area (Å²) in [4.78, 5) is 15.4. The third-order valence-corrected chi connectivity index (χ3v) is 5.23. The second-order valence-electron chi connectivity index (χ2n) is 7.37. The molecule has 4 rings (SSSR count). The highest BCUT2D eigenvalue weighted by Crippen LogP contribution is 2.34. The number of piperazine rings is 1. The van der Waals surface area contributed by atoms with E-state index >= 15 is 0 Å². The van der Waals surface area contributed by atoms with Crippen LogP contribution in [0.2, 0.25) is 0 Å². The molecule has 1 fully saturated rings. The number of halogens is 4. The third kappa shape index (κ3) is 5.46. The fourth-order valence-corrected chi connectivity index (χ4v) is 3.67. The van der Waals surface area contributed by atoms with Crippen LogP contribution >= 0.6 is 0 Å². The summed E-state index contributed by atoms with van der Waals surface area (Å²) in [5, 5.41) is 6.81. The zero-order valence-electron chi connectivity index (χ0n) is 19.6. The van der Waals surface area contributed by atoms with Gasteiger partial charge in [-0.25, -0.2) is 14.4 Å². The van der Waals surface area contributed by atoms with Crippen LogP contribution in [0.3, 0.4) is 0 Å². The van der Waals surface area contributed by atoms with Crippen LogP contribution < -0.4 is 20.3 Å². The summed E-state index contributed by atoms with van der Waals surface area (Å²) >= 11 is 0. The first-order valence-electron chi connectivity index (χ1n) is 11.1. The lowest BCUT2D eigenvalue weighted by molar-refractivity contribution is -0.140. The van der Waals surface area contributed by atoms with Crippen molar-refractivity contribution in [3.63, 3.8) is 0 Å². The highest BCUT2D eigenvalue weighted by atomic mass is 19.4. The quantitative estimate of drug-likeness (QED) is 0.519. The number of pyridine rings is 1. The first-order valence-corrected chi connectivity index (χ1v) is 11.1. The number of aryl methyl sites for hydroxylation is 1. The molecule has 1 saturated heterocycles. The monoisotopic (exact) mass is 480 g/mol. The maximum Gasteiger partial charge on any atom is 0.419 e. The second kappa shape index (κ2) is 10.8. The number of nitrogens with one attached hydrogen (secondary N) is 2. The fourth-order valence-electron chi connectivity index (χ4n) is 3.67. The molecule has 184 valence electrons. The molecule has 3 aromatic rings. The maximum absolute atomic E-state index is 14.4. The average molecular weight is 481 g/mol. The van der Waals surface area contributed by atoms with Gasteiger partial charge in [-0.15, -0.1) is 0 Å². The second-order valence-corrected chi connectivity index (χ2v) is 7.37. The van der Waals surface area contributed by atoms with E-state index in [2.05, 4.69) is 30.5 Å². The van der Waals surface area contributed by atoms with Crippen molar-refractivity contribution in [2.45, 2.75) is 33.5 Å². The maximum atomic E-state index is 14.4. The van der Waals surface area contributed by atoms with Crippen LogP contribution in [0.15, 0.2) is 24.3 Å². The van der Waals surface area contributed by atoms with Crippen molar-refractivity contribution < 1.29 is 22.3 Å². The largest absolute Gasteiger partial charge is 0.479 e. The Morgan fingerprint density at radius 1 is 1.12 bits per heavy atom. The minimum absolute atomic E-state index is 0.118. The highest BCUT2D eigenvalue weighted by molar-refractivity contribution is 5.90. The Morgan fingerprint density at radius 2 is 1.82 bits per heavy atom. The Labute approximate surface area is 195 Å². The number of methoxy groups -OCH3 is 1. The van der Waals surface area contributed by atoms with Gasteiger partial charge in [0.1, 0.15) is 23.1 Å². The van der Waals surface area contributed by atoms with E-state index in [0.717, 1.165) is 37.9 Å². The van der Waals surface area contributed by atoms with Crippen molar-refractivity contribution in [3.8, 4) is 5.88 Å². The number of nitrogens with zero attached hydrogens (tertiary/aromatic N) is 4. The van der Waals surface area contributed by atoms with Gasteiger partial charge >= 0.3 is 6.18 Å². The number of benzene rings is 1. The van der Waals surface area contributed by atoms with E-state index in [0.29, 0.717) is 28.6 Å². The number of alkyl halides is 3. The topological polar surface area (TPSA) is 75.2 Å². The smallest absolute Gasteiger partial charge is 0.419 e. The fraction of sp³-hybridized carbons (Fsp3) is 0.435. The van der Waals surface area contributed by atoms with Crippen LogP contribution in [0.25, 0.3) is 11.0 Å². The summed E-state index contributed by atoms with van der Waals surface area (Å²) in [5.41, 5.74) is -0.275. The average Bonchev–Trinajstić information content (AvgIpc) is 2.83. The van der Waals surface area contributed by atoms with E-state index < -0.39 is 17.6 Å². The predicted octanol–water partition coefficient (Wildman–Crippen LogP) is 4.55. The lowest BCUT2D eigenvalue weighted by Crippen LogP contribution is -2.43. The Kier molecular flexibility index (Phi) is 8.08. The van der Waals surface area contributed by atoms with Crippen molar-refractivity contribution in [1.82, 2.24) is 20.3 Å². The van der Waals surface area contributed by atoms with Gasteiger partial charge in [0.25, 0.3) is 0 Å². The molecule has 0 amide bonds. The summed E-state index contributed by atoms with van der Waals surface area (Å²) in [6, 6.07) is 5.05. The van der Waals surface area contributed by atoms with Crippen molar-refractivity contribution in [2.24, 2.45) is 0 Å². The van der Waals surface area contributed by atoms with Crippen LogP contribution in [-0.4, -0.2) is 48.2 Å². The summed E-state index contributed by atoms with van der Waals surface area (Å²) < 4.78 is 59.0. The molecule has 11 heteroatoms. The van der Waals surface area contributed by atoms with E-state index in [1.807, 2.05) is 19.9 Å². The van der Waals surface area contributed by atoms with Gasteiger partial charge in [0, 0.05) is 38.3 Å². The van der Waals surface area contributed by atoms with Crippen LogP contribution in [-0.2, 0) is 12.7 Å². The normalized spacial score (nSPS) is 13.9. The molecule has 1 aromatic carbocycles. The standard InChI is InChI=1S/C21H22F4N6O.C2H6/c1-12-28-18(27-11-13-4-3-5-15(17(13)22)21(23,24)25)14-10-16(31-8-6-26-7-9-31)20(32-2)30-19(14)29-12;1-2/h3-5,10,26H,6-9,11H2,1-2H3,(H,27,28,29,30);1-2H3. The highest BCUT2D eigenvalue weighted by Gasteiger charge is 2.34.